The molecule has 0 aromatic rings. The van der Waals surface area contributed by atoms with Crippen LogP contribution in [0.1, 0.15) is 54.4 Å². The molecule has 0 saturated carbocycles. The molecule has 0 aromatic heterocycles. The molecule has 0 aliphatic rings. The first kappa shape index (κ1) is 18.2. The van der Waals surface area contributed by atoms with Gasteiger partial charge in [0.15, 0.2) is 0 Å². The molecule has 0 saturated heterocycles. The normalized spacial score (nSPS) is 13.5. The topological polar surface area (TPSA) is 71.7 Å². The number of hydrogen-bond donors (Lipinski definition) is 3. The summed E-state index contributed by atoms with van der Waals surface area (Å²) in [5, 5.41) is 3.36. The van der Waals surface area contributed by atoms with E-state index in [0.717, 1.165) is 26.1 Å². The molecule has 0 bridgehead atoms. The molecule has 0 spiro atoms. The van der Waals surface area contributed by atoms with Crippen LogP contribution in [0, 0.1) is 5.41 Å². The molecular weight excluding hydrogens is 240 g/mol. The summed E-state index contributed by atoms with van der Waals surface area (Å²) in [7, 11) is 0. The van der Waals surface area contributed by atoms with E-state index in [0.29, 0.717) is 12.5 Å². The third kappa shape index (κ3) is 10.8. The van der Waals surface area contributed by atoms with Crippen molar-refractivity contribution in [2.75, 3.05) is 19.8 Å². The summed E-state index contributed by atoms with van der Waals surface area (Å²) >= 11 is 0. The molecule has 0 rings (SSSR count). The Morgan fingerprint density at radius 3 is 2.32 bits per heavy atom. The van der Waals surface area contributed by atoms with Crippen molar-refractivity contribution in [3.8, 4) is 0 Å². The van der Waals surface area contributed by atoms with Crippen LogP contribution in [-0.2, 0) is 4.74 Å². The highest BCUT2D eigenvalue weighted by Crippen LogP contribution is 2.26. The van der Waals surface area contributed by atoms with Crippen LogP contribution in [-0.4, -0.2) is 31.3 Å². The number of rotatable bonds is 7. The molecule has 0 amide bonds. The first-order valence-electron chi connectivity index (χ1n) is 7.07. The number of nitrogens with two attached hydrogens (primary N) is 1. The lowest BCUT2D eigenvalue weighted by Crippen LogP contribution is -2.52. The largest absolute Gasteiger partial charge is 0.382 e. The van der Waals surface area contributed by atoms with Gasteiger partial charge in [0.2, 0.25) is 5.96 Å². The fraction of sp³-hybridized carbons (Fsp3) is 0.929. The molecule has 0 unspecified atom stereocenters. The lowest BCUT2D eigenvalue weighted by atomic mass is 9.82. The quantitative estimate of drug-likeness (QED) is 0.218. The lowest BCUT2D eigenvalue weighted by Gasteiger charge is -2.34. The third-order valence-electron chi connectivity index (χ3n) is 2.49. The van der Waals surface area contributed by atoms with Crippen molar-refractivity contribution in [2.45, 2.75) is 59.9 Å². The number of nitrogens with one attached hydrogen (secondary N) is 2. The van der Waals surface area contributed by atoms with Crippen LogP contribution in [0.4, 0.5) is 0 Å². The number of guanidine groups is 1. The summed E-state index contributed by atoms with van der Waals surface area (Å²) in [5.41, 5.74) is 2.84. The molecule has 0 atom stereocenters. The molecule has 0 radical (unpaired) electrons. The van der Waals surface area contributed by atoms with E-state index in [1.165, 1.54) is 0 Å². The number of hydrazine groups is 1. The number of ether oxygens (including phenoxy) is 1. The highest BCUT2D eigenvalue weighted by atomic mass is 16.5. The van der Waals surface area contributed by atoms with Gasteiger partial charge in [0.25, 0.3) is 0 Å². The smallest absolute Gasteiger partial charge is 0.206 e. The van der Waals surface area contributed by atoms with Crippen LogP contribution in [0.25, 0.3) is 0 Å². The zero-order chi connectivity index (χ0) is 14.9. The third-order valence-corrected chi connectivity index (χ3v) is 2.49. The predicted octanol–water partition coefficient (Wildman–Crippen LogP) is 2.04. The Hall–Kier alpha value is -0.810. The Kier molecular flexibility index (Phi) is 8.02. The van der Waals surface area contributed by atoms with E-state index in [9.17, 15) is 0 Å². The van der Waals surface area contributed by atoms with Crippen LogP contribution in [0.2, 0.25) is 0 Å². The number of hydrogen-bond acceptors (Lipinski definition) is 3. The van der Waals surface area contributed by atoms with Gasteiger partial charge < -0.3 is 10.1 Å². The molecule has 114 valence electrons. The van der Waals surface area contributed by atoms with Crippen LogP contribution >= 0.6 is 0 Å². The fourth-order valence-corrected chi connectivity index (χ4v) is 2.31. The summed E-state index contributed by atoms with van der Waals surface area (Å²) in [6.45, 7) is 15.2. The molecule has 5 heteroatoms. The van der Waals surface area contributed by atoms with E-state index in [2.05, 4.69) is 50.4 Å². The summed E-state index contributed by atoms with van der Waals surface area (Å²) < 4.78 is 5.27. The predicted molar refractivity (Wildman–Crippen MR) is 82.0 cm³/mol. The minimum absolute atomic E-state index is 0.0522. The molecule has 0 fully saturated rings. The lowest BCUT2D eigenvalue weighted by molar-refractivity contribution is 0.146. The van der Waals surface area contributed by atoms with Crippen LogP contribution in [0.3, 0.4) is 0 Å². The zero-order valence-corrected chi connectivity index (χ0v) is 13.5. The molecule has 4 N–H and O–H groups in total. The van der Waals surface area contributed by atoms with Gasteiger partial charge in [-0.2, -0.15) is 0 Å². The second-order valence-electron chi connectivity index (χ2n) is 6.67. The van der Waals surface area contributed by atoms with Gasteiger partial charge in [-0.1, -0.05) is 20.8 Å². The van der Waals surface area contributed by atoms with Gasteiger partial charge >= 0.3 is 0 Å². The highest BCUT2D eigenvalue weighted by molar-refractivity contribution is 5.79. The van der Waals surface area contributed by atoms with E-state index >= 15 is 0 Å². The van der Waals surface area contributed by atoms with E-state index < -0.39 is 0 Å². The van der Waals surface area contributed by atoms with Crippen LogP contribution in [0.15, 0.2) is 4.99 Å². The fourth-order valence-electron chi connectivity index (χ4n) is 2.31. The summed E-state index contributed by atoms with van der Waals surface area (Å²) in [6, 6.07) is 0. The second kappa shape index (κ2) is 8.38. The van der Waals surface area contributed by atoms with Gasteiger partial charge in [-0.15, -0.1) is 0 Å². The van der Waals surface area contributed by atoms with Crippen molar-refractivity contribution in [3.05, 3.63) is 0 Å². The van der Waals surface area contributed by atoms with Gasteiger partial charge in [-0.05, 0) is 39.0 Å². The number of aliphatic imine (C=N–C) groups is 1. The Labute approximate surface area is 118 Å². The van der Waals surface area contributed by atoms with E-state index in [1.807, 2.05) is 6.92 Å². The minimum atomic E-state index is -0.0522. The minimum Gasteiger partial charge on any atom is -0.382 e. The van der Waals surface area contributed by atoms with Gasteiger partial charge in [-0.25, -0.2) is 5.84 Å². The Balaban J connectivity index is 4.26. The van der Waals surface area contributed by atoms with Gasteiger partial charge in [0, 0.05) is 25.3 Å². The molecule has 0 aromatic carbocycles. The standard InChI is InChI=1S/C14H32N4O/c1-7-19-10-8-9-16-12(18-15)17-14(5,6)11-13(2,3)4/h7-11,15H2,1-6H3,(H2,16,17,18). The van der Waals surface area contributed by atoms with Gasteiger partial charge in [0.05, 0.1) is 0 Å². The average Bonchev–Trinajstić information content (AvgIpc) is 2.23. The molecule has 5 nitrogen and oxygen atoms in total. The first-order chi connectivity index (χ1) is 8.70. The van der Waals surface area contributed by atoms with Gasteiger partial charge in [0.1, 0.15) is 0 Å². The maximum absolute atomic E-state index is 5.51. The first-order valence-corrected chi connectivity index (χ1v) is 7.07. The van der Waals surface area contributed by atoms with Crippen molar-refractivity contribution in [1.82, 2.24) is 10.7 Å². The summed E-state index contributed by atoms with van der Waals surface area (Å²) in [5.74, 6) is 6.15. The summed E-state index contributed by atoms with van der Waals surface area (Å²) in [4.78, 5) is 4.42. The van der Waals surface area contributed by atoms with E-state index in [1.54, 1.807) is 0 Å². The Bertz CT molecular complexity index is 269. The molecule has 0 heterocycles. The SMILES string of the molecule is CCOCCCN=C(NN)NC(C)(C)CC(C)(C)C. The van der Waals surface area contributed by atoms with E-state index in [4.69, 9.17) is 10.6 Å². The number of nitrogens with zero attached hydrogens (tertiary/aromatic N) is 1. The van der Waals surface area contributed by atoms with Crippen molar-refractivity contribution in [2.24, 2.45) is 16.3 Å². The van der Waals surface area contributed by atoms with Crippen molar-refractivity contribution < 1.29 is 4.74 Å². The monoisotopic (exact) mass is 272 g/mol. The van der Waals surface area contributed by atoms with Crippen LogP contribution < -0.4 is 16.6 Å². The maximum Gasteiger partial charge on any atom is 0.206 e. The Morgan fingerprint density at radius 1 is 1.21 bits per heavy atom. The van der Waals surface area contributed by atoms with Gasteiger partial charge in [-0.3, -0.25) is 10.4 Å². The second-order valence-corrected chi connectivity index (χ2v) is 6.67. The van der Waals surface area contributed by atoms with Crippen molar-refractivity contribution in [3.63, 3.8) is 0 Å². The highest BCUT2D eigenvalue weighted by Gasteiger charge is 2.26. The molecule has 0 aliphatic heterocycles. The summed E-state index contributed by atoms with van der Waals surface area (Å²) in [6.07, 6.45) is 1.93. The van der Waals surface area contributed by atoms with Crippen molar-refractivity contribution >= 4 is 5.96 Å². The molecule has 19 heavy (non-hydrogen) atoms. The maximum atomic E-state index is 5.51. The van der Waals surface area contributed by atoms with E-state index in [-0.39, 0.29) is 11.0 Å². The average molecular weight is 272 g/mol. The Morgan fingerprint density at radius 2 is 1.84 bits per heavy atom. The molecular formula is C14H32N4O. The van der Waals surface area contributed by atoms with Crippen LogP contribution in [0.5, 0.6) is 0 Å². The van der Waals surface area contributed by atoms with Crippen molar-refractivity contribution in [1.29, 1.82) is 0 Å². The zero-order valence-electron chi connectivity index (χ0n) is 13.5. The molecule has 0 aliphatic carbocycles.